The minimum Gasteiger partial charge on any atom is -0.318 e. The first kappa shape index (κ1) is 17.3. The first-order valence-electron chi connectivity index (χ1n) is 8.27. The Balaban J connectivity index is 1.73. The third-order valence-corrected chi connectivity index (χ3v) is 4.49. The summed E-state index contributed by atoms with van der Waals surface area (Å²) >= 11 is 0. The molecule has 138 valence electrons. The van der Waals surface area contributed by atoms with Gasteiger partial charge in [0.1, 0.15) is 0 Å². The maximum absolute atomic E-state index is 13.8. The summed E-state index contributed by atoms with van der Waals surface area (Å²) in [6, 6.07) is 6.80. The maximum atomic E-state index is 13.8. The van der Waals surface area contributed by atoms with Crippen molar-refractivity contribution < 1.29 is 22.4 Å². The fourth-order valence-electron chi connectivity index (χ4n) is 3.23. The minimum absolute atomic E-state index is 0.0518. The predicted octanol–water partition coefficient (Wildman–Crippen LogP) is 4.17. The number of nitrogens with zero attached hydrogens (tertiary/aromatic N) is 2. The lowest BCUT2D eigenvalue weighted by atomic mass is 10.2. The number of hydrogen-bond acceptors (Lipinski definition) is 2. The number of nitrogens with one attached hydrogen (secondary N) is 1. The number of benzene rings is 2. The highest BCUT2D eigenvalue weighted by atomic mass is 19.2. The fourth-order valence-corrected chi connectivity index (χ4v) is 3.23. The fraction of sp³-hybridized carbons (Fsp3) is 0.158. The number of aromatic nitrogens is 2. The summed E-state index contributed by atoms with van der Waals surface area (Å²) in [6.45, 7) is 0. The SMILES string of the molecule is O=C(Nc1cccc(F)c1F)c1nn(-c2ccc(F)c(F)c2)c2c1CCC2. The molecule has 1 aliphatic rings. The second-order valence-corrected chi connectivity index (χ2v) is 6.19. The van der Waals surface area contributed by atoms with Crippen molar-refractivity contribution in [2.24, 2.45) is 0 Å². The quantitative estimate of drug-likeness (QED) is 0.699. The first-order chi connectivity index (χ1) is 13.0. The van der Waals surface area contributed by atoms with Gasteiger partial charge in [-0.2, -0.15) is 5.10 Å². The molecule has 1 amide bonds. The zero-order chi connectivity index (χ0) is 19.1. The highest BCUT2D eigenvalue weighted by Crippen LogP contribution is 2.29. The van der Waals surface area contributed by atoms with E-state index in [0.717, 1.165) is 24.6 Å². The van der Waals surface area contributed by atoms with Crippen LogP contribution in [0, 0.1) is 23.3 Å². The van der Waals surface area contributed by atoms with Gasteiger partial charge < -0.3 is 5.32 Å². The van der Waals surface area contributed by atoms with Gasteiger partial charge in [-0.05, 0) is 43.5 Å². The molecule has 0 saturated carbocycles. The Bertz CT molecular complexity index is 1060. The summed E-state index contributed by atoms with van der Waals surface area (Å²) in [5, 5.41) is 6.54. The number of hydrogen-bond donors (Lipinski definition) is 1. The summed E-state index contributed by atoms with van der Waals surface area (Å²) in [7, 11) is 0. The second-order valence-electron chi connectivity index (χ2n) is 6.19. The molecule has 3 aromatic rings. The van der Waals surface area contributed by atoms with Crippen molar-refractivity contribution in [1.82, 2.24) is 9.78 Å². The topological polar surface area (TPSA) is 46.9 Å². The van der Waals surface area contributed by atoms with Crippen molar-refractivity contribution in [2.75, 3.05) is 5.32 Å². The highest BCUT2D eigenvalue weighted by Gasteiger charge is 2.27. The summed E-state index contributed by atoms with van der Waals surface area (Å²) in [4.78, 5) is 12.6. The zero-order valence-electron chi connectivity index (χ0n) is 13.9. The van der Waals surface area contributed by atoms with E-state index in [4.69, 9.17) is 0 Å². The molecule has 1 N–H and O–H groups in total. The van der Waals surface area contributed by atoms with Crippen LogP contribution >= 0.6 is 0 Å². The molecule has 0 bridgehead atoms. The second kappa shape index (κ2) is 6.53. The van der Waals surface area contributed by atoms with E-state index in [9.17, 15) is 22.4 Å². The van der Waals surface area contributed by atoms with E-state index in [1.165, 1.54) is 22.9 Å². The van der Waals surface area contributed by atoms with Crippen molar-refractivity contribution in [1.29, 1.82) is 0 Å². The van der Waals surface area contributed by atoms with Crippen LogP contribution in [0.5, 0.6) is 0 Å². The lowest BCUT2D eigenvalue weighted by molar-refractivity contribution is 0.102. The molecule has 27 heavy (non-hydrogen) atoms. The van der Waals surface area contributed by atoms with E-state index in [2.05, 4.69) is 10.4 Å². The maximum Gasteiger partial charge on any atom is 0.276 e. The normalized spacial score (nSPS) is 12.9. The van der Waals surface area contributed by atoms with Crippen molar-refractivity contribution in [2.45, 2.75) is 19.3 Å². The van der Waals surface area contributed by atoms with Crippen LogP contribution in [0.3, 0.4) is 0 Å². The lowest BCUT2D eigenvalue weighted by Gasteiger charge is -2.07. The van der Waals surface area contributed by atoms with Crippen LogP contribution in [-0.4, -0.2) is 15.7 Å². The third kappa shape index (κ3) is 2.97. The van der Waals surface area contributed by atoms with Crippen LogP contribution in [0.25, 0.3) is 5.69 Å². The molecule has 1 aliphatic carbocycles. The van der Waals surface area contributed by atoms with E-state index in [0.29, 0.717) is 24.1 Å². The van der Waals surface area contributed by atoms with Crippen LogP contribution in [0.2, 0.25) is 0 Å². The van der Waals surface area contributed by atoms with E-state index >= 15 is 0 Å². The molecule has 0 atom stereocenters. The van der Waals surface area contributed by atoms with E-state index in [1.807, 2.05) is 0 Å². The molecule has 0 fully saturated rings. The number of carbonyl (C=O) groups excluding carboxylic acids is 1. The Labute approximate surface area is 151 Å². The lowest BCUT2D eigenvalue weighted by Crippen LogP contribution is -2.16. The first-order valence-corrected chi connectivity index (χ1v) is 8.27. The van der Waals surface area contributed by atoms with Crippen molar-refractivity contribution in [3.63, 3.8) is 0 Å². The molecular weight excluding hydrogens is 362 g/mol. The van der Waals surface area contributed by atoms with Gasteiger partial charge in [-0.1, -0.05) is 6.07 Å². The van der Waals surface area contributed by atoms with Gasteiger partial charge in [0.05, 0.1) is 11.4 Å². The van der Waals surface area contributed by atoms with E-state index in [1.54, 1.807) is 0 Å². The van der Waals surface area contributed by atoms with Crippen LogP contribution in [0.4, 0.5) is 23.2 Å². The van der Waals surface area contributed by atoms with Crippen LogP contribution in [0.1, 0.15) is 28.2 Å². The van der Waals surface area contributed by atoms with Gasteiger partial charge in [0.25, 0.3) is 5.91 Å². The molecule has 0 unspecified atom stereocenters. The van der Waals surface area contributed by atoms with Crippen molar-refractivity contribution >= 4 is 11.6 Å². The standard InChI is InChI=1S/C19H13F4N3O/c20-12-8-7-10(9-14(12)22)26-16-6-1-3-11(16)18(25-26)19(27)24-15-5-2-4-13(21)17(15)23/h2,4-5,7-9H,1,3,6H2,(H,24,27). The average Bonchev–Trinajstić information content (AvgIpc) is 3.24. The Hall–Kier alpha value is -3.16. The van der Waals surface area contributed by atoms with Crippen LogP contribution < -0.4 is 5.32 Å². The summed E-state index contributed by atoms with van der Waals surface area (Å²) in [5.74, 6) is -4.95. The van der Waals surface area contributed by atoms with Gasteiger partial charge in [0.15, 0.2) is 29.0 Å². The number of anilines is 1. The van der Waals surface area contributed by atoms with Gasteiger partial charge in [-0.15, -0.1) is 0 Å². The molecule has 0 radical (unpaired) electrons. The smallest absolute Gasteiger partial charge is 0.276 e. The Morgan fingerprint density at radius 1 is 1.00 bits per heavy atom. The molecule has 1 aromatic heterocycles. The molecule has 0 saturated heterocycles. The van der Waals surface area contributed by atoms with Crippen LogP contribution in [0.15, 0.2) is 36.4 Å². The van der Waals surface area contributed by atoms with Gasteiger partial charge in [0.2, 0.25) is 0 Å². The summed E-state index contributed by atoms with van der Waals surface area (Å²) < 4.78 is 55.3. The molecule has 4 rings (SSSR count). The molecule has 0 spiro atoms. The third-order valence-electron chi connectivity index (χ3n) is 4.49. The monoisotopic (exact) mass is 375 g/mol. The Morgan fingerprint density at radius 2 is 1.81 bits per heavy atom. The number of halogens is 4. The van der Waals surface area contributed by atoms with Crippen LogP contribution in [-0.2, 0) is 12.8 Å². The van der Waals surface area contributed by atoms with E-state index < -0.39 is 29.2 Å². The average molecular weight is 375 g/mol. The molecular formula is C19H13F4N3O. The molecule has 0 aliphatic heterocycles. The zero-order valence-corrected chi connectivity index (χ0v) is 13.9. The number of rotatable bonds is 3. The van der Waals surface area contributed by atoms with Gasteiger partial charge in [-0.25, -0.2) is 22.2 Å². The van der Waals surface area contributed by atoms with Gasteiger partial charge >= 0.3 is 0 Å². The molecule has 8 heteroatoms. The Kier molecular flexibility index (Phi) is 4.18. The highest BCUT2D eigenvalue weighted by molar-refractivity contribution is 6.04. The van der Waals surface area contributed by atoms with Gasteiger partial charge in [-0.3, -0.25) is 4.79 Å². The van der Waals surface area contributed by atoms with Crippen molar-refractivity contribution in [3.8, 4) is 5.69 Å². The number of fused-ring (bicyclic) bond motifs is 1. The number of carbonyl (C=O) groups is 1. The number of amides is 1. The van der Waals surface area contributed by atoms with Gasteiger partial charge in [0, 0.05) is 17.3 Å². The Morgan fingerprint density at radius 3 is 2.59 bits per heavy atom. The molecule has 1 heterocycles. The largest absolute Gasteiger partial charge is 0.318 e. The predicted molar refractivity (Wildman–Crippen MR) is 89.8 cm³/mol. The van der Waals surface area contributed by atoms with E-state index in [-0.39, 0.29) is 17.1 Å². The summed E-state index contributed by atoms with van der Waals surface area (Å²) in [6.07, 6.45) is 1.96. The minimum atomic E-state index is -1.16. The van der Waals surface area contributed by atoms with Crippen molar-refractivity contribution in [3.05, 3.63) is 76.6 Å². The molecule has 4 nitrogen and oxygen atoms in total. The molecule has 2 aromatic carbocycles. The summed E-state index contributed by atoms with van der Waals surface area (Å²) in [5.41, 5.74) is 1.41.